The van der Waals surface area contributed by atoms with E-state index in [9.17, 15) is 4.79 Å². The summed E-state index contributed by atoms with van der Waals surface area (Å²) in [6.45, 7) is 4.49. The summed E-state index contributed by atoms with van der Waals surface area (Å²) in [5, 5.41) is 9.06. The van der Waals surface area contributed by atoms with Crippen LogP contribution in [-0.2, 0) is 11.3 Å². The first-order valence-corrected chi connectivity index (χ1v) is 11.8. The predicted molar refractivity (Wildman–Crippen MR) is 124 cm³/mol. The highest BCUT2D eigenvalue weighted by molar-refractivity contribution is 7.99. The number of nitrogens with zero attached hydrogens (tertiary/aromatic N) is 4. The van der Waals surface area contributed by atoms with Gasteiger partial charge in [0, 0.05) is 13.0 Å². The molecule has 0 spiro atoms. The highest BCUT2D eigenvalue weighted by Gasteiger charge is 2.35. The lowest BCUT2D eigenvalue weighted by atomic mass is 10.1. The van der Waals surface area contributed by atoms with E-state index in [1.54, 1.807) is 22.6 Å². The summed E-state index contributed by atoms with van der Waals surface area (Å²) >= 11 is 3.05. The maximum absolute atomic E-state index is 13.2. The Kier molecular flexibility index (Phi) is 5.48. The fourth-order valence-corrected chi connectivity index (χ4v) is 5.29. The van der Waals surface area contributed by atoms with Crippen molar-refractivity contribution >= 4 is 45.8 Å². The molecule has 0 saturated carbocycles. The van der Waals surface area contributed by atoms with E-state index in [1.807, 2.05) is 60.0 Å². The number of para-hydroxylation sites is 2. The van der Waals surface area contributed by atoms with Gasteiger partial charge in [-0.1, -0.05) is 36.0 Å². The molecule has 0 bridgehead atoms. The van der Waals surface area contributed by atoms with Gasteiger partial charge in [-0.15, -0.1) is 17.9 Å². The van der Waals surface area contributed by atoms with Gasteiger partial charge in [-0.25, -0.2) is 9.99 Å². The molecule has 6 nitrogen and oxygen atoms in total. The van der Waals surface area contributed by atoms with E-state index in [4.69, 9.17) is 9.40 Å². The van der Waals surface area contributed by atoms with Crippen molar-refractivity contribution in [1.29, 1.82) is 0 Å². The van der Waals surface area contributed by atoms with Gasteiger partial charge < -0.3 is 8.98 Å². The molecule has 0 fully saturated rings. The number of hydrogen-bond donors (Lipinski definition) is 0. The molecule has 156 valence electrons. The second kappa shape index (κ2) is 8.56. The Morgan fingerprint density at radius 2 is 2.16 bits per heavy atom. The van der Waals surface area contributed by atoms with Crippen LogP contribution in [0.4, 0.5) is 0 Å². The third kappa shape index (κ3) is 3.84. The minimum Gasteiger partial charge on any atom is -0.467 e. The first-order chi connectivity index (χ1) is 15.2. The Morgan fingerprint density at radius 3 is 2.94 bits per heavy atom. The molecule has 1 aliphatic rings. The molecule has 4 heterocycles. The molecule has 0 saturated heterocycles. The van der Waals surface area contributed by atoms with E-state index in [0.29, 0.717) is 13.0 Å². The topological polar surface area (TPSA) is 63.6 Å². The molecule has 1 amide bonds. The van der Waals surface area contributed by atoms with Crippen LogP contribution in [0.5, 0.6) is 0 Å². The first kappa shape index (κ1) is 19.8. The average molecular weight is 449 g/mol. The molecular formula is C23H20N4O2S2. The highest BCUT2D eigenvalue weighted by atomic mass is 32.2. The van der Waals surface area contributed by atoms with E-state index in [2.05, 4.69) is 16.2 Å². The number of thioether (sulfide) groups is 1. The molecule has 8 heteroatoms. The van der Waals surface area contributed by atoms with Gasteiger partial charge in [0.1, 0.15) is 11.8 Å². The predicted octanol–water partition coefficient (Wildman–Crippen LogP) is 5.35. The Labute approximate surface area is 187 Å². The third-order valence-corrected chi connectivity index (χ3v) is 6.98. The fourth-order valence-electron chi connectivity index (χ4n) is 3.70. The van der Waals surface area contributed by atoms with Crippen molar-refractivity contribution in [3.05, 3.63) is 83.5 Å². The van der Waals surface area contributed by atoms with Crippen molar-refractivity contribution < 1.29 is 9.21 Å². The SMILES string of the molecule is C=CCn1c(SCC(=O)N2N=C(c3cccs3)CC2c2ccco2)nc2ccccc21. The summed E-state index contributed by atoms with van der Waals surface area (Å²) < 4.78 is 7.70. The summed E-state index contributed by atoms with van der Waals surface area (Å²) in [7, 11) is 0. The maximum atomic E-state index is 13.2. The zero-order valence-corrected chi connectivity index (χ0v) is 18.3. The van der Waals surface area contributed by atoms with Crippen molar-refractivity contribution in [2.45, 2.75) is 24.2 Å². The number of hydrogen-bond acceptors (Lipinski definition) is 6. The Hall–Kier alpha value is -3.10. The van der Waals surface area contributed by atoms with Crippen molar-refractivity contribution in [1.82, 2.24) is 14.6 Å². The summed E-state index contributed by atoms with van der Waals surface area (Å²) in [4.78, 5) is 19.0. The number of carbonyl (C=O) groups is 1. The van der Waals surface area contributed by atoms with Gasteiger partial charge in [-0.05, 0) is 35.7 Å². The number of furan rings is 1. The monoisotopic (exact) mass is 448 g/mol. The Balaban J connectivity index is 1.39. The van der Waals surface area contributed by atoms with Gasteiger partial charge >= 0.3 is 0 Å². The van der Waals surface area contributed by atoms with Gasteiger partial charge in [0.25, 0.3) is 5.91 Å². The molecule has 0 N–H and O–H groups in total. The van der Waals surface area contributed by atoms with Crippen LogP contribution in [0.1, 0.15) is 23.1 Å². The molecular weight excluding hydrogens is 428 g/mol. The number of benzene rings is 1. The van der Waals surface area contributed by atoms with Crippen molar-refractivity contribution in [2.75, 3.05) is 5.75 Å². The van der Waals surface area contributed by atoms with Crippen LogP contribution in [-0.4, -0.2) is 31.9 Å². The minimum atomic E-state index is -0.229. The van der Waals surface area contributed by atoms with Crippen molar-refractivity contribution in [3.8, 4) is 0 Å². The fraction of sp³-hybridized carbons (Fsp3) is 0.174. The summed E-state index contributed by atoms with van der Waals surface area (Å²) in [5.74, 6) is 0.904. The largest absolute Gasteiger partial charge is 0.467 e. The second-order valence-corrected chi connectivity index (χ2v) is 8.96. The molecule has 0 radical (unpaired) electrons. The molecule has 31 heavy (non-hydrogen) atoms. The number of hydrazone groups is 1. The molecule has 4 aromatic rings. The van der Waals surface area contributed by atoms with Crippen LogP contribution in [0.2, 0.25) is 0 Å². The molecule has 1 aromatic carbocycles. The molecule has 5 rings (SSSR count). The number of carbonyl (C=O) groups excluding carboxylic acids is 1. The van der Waals surface area contributed by atoms with Crippen LogP contribution < -0.4 is 0 Å². The van der Waals surface area contributed by atoms with Crippen molar-refractivity contribution in [3.63, 3.8) is 0 Å². The van der Waals surface area contributed by atoms with Gasteiger partial charge in [-0.2, -0.15) is 5.10 Å². The molecule has 1 atom stereocenters. The van der Waals surface area contributed by atoms with Crippen LogP contribution >= 0.6 is 23.1 Å². The zero-order valence-electron chi connectivity index (χ0n) is 16.7. The van der Waals surface area contributed by atoms with Crippen LogP contribution in [0.15, 0.2) is 87.5 Å². The summed E-state index contributed by atoms with van der Waals surface area (Å²) in [6, 6.07) is 15.5. The second-order valence-electron chi connectivity index (χ2n) is 7.07. The number of thiophene rings is 1. The Morgan fingerprint density at radius 1 is 1.26 bits per heavy atom. The summed E-state index contributed by atoms with van der Waals surface area (Å²) in [6.07, 6.45) is 4.11. The van der Waals surface area contributed by atoms with Crippen LogP contribution in [0.3, 0.4) is 0 Å². The van der Waals surface area contributed by atoms with E-state index < -0.39 is 0 Å². The number of allylic oxidation sites excluding steroid dienone is 1. The van der Waals surface area contributed by atoms with E-state index >= 15 is 0 Å². The number of fused-ring (bicyclic) bond motifs is 1. The number of amides is 1. The van der Waals surface area contributed by atoms with Crippen LogP contribution in [0.25, 0.3) is 11.0 Å². The van der Waals surface area contributed by atoms with Gasteiger partial charge in [0.2, 0.25) is 0 Å². The minimum absolute atomic E-state index is 0.0739. The summed E-state index contributed by atoms with van der Waals surface area (Å²) in [5.41, 5.74) is 2.85. The third-order valence-electron chi connectivity index (χ3n) is 5.10. The number of imidazole rings is 1. The van der Waals surface area contributed by atoms with Crippen molar-refractivity contribution in [2.24, 2.45) is 5.10 Å². The lowest BCUT2D eigenvalue weighted by Crippen LogP contribution is -2.28. The zero-order chi connectivity index (χ0) is 21.2. The van der Waals surface area contributed by atoms with E-state index in [1.165, 1.54) is 11.8 Å². The van der Waals surface area contributed by atoms with Gasteiger partial charge in [-0.3, -0.25) is 4.79 Å². The molecule has 1 unspecified atom stereocenters. The van der Waals surface area contributed by atoms with Gasteiger partial charge in [0.05, 0.1) is 33.6 Å². The number of rotatable bonds is 7. The van der Waals surface area contributed by atoms with E-state index in [0.717, 1.165) is 32.5 Å². The quantitative estimate of drug-likeness (QED) is 0.283. The normalized spacial score (nSPS) is 16.1. The maximum Gasteiger partial charge on any atom is 0.253 e. The molecule has 3 aromatic heterocycles. The Bertz CT molecular complexity index is 1240. The first-order valence-electron chi connectivity index (χ1n) is 9.90. The highest BCUT2D eigenvalue weighted by Crippen LogP contribution is 2.35. The molecule has 1 aliphatic heterocycles. The van der Waals surface area contributed by atoms with Crippen LogP contribution in [0, 0.1) is 0 Å². The molecule has 0 aliphatic carbocycles. The standard InChI is InChI=1S/C23H20N4O2S2/c1-2-11-26-18-8-4-3-7-16(18)24-23(26)31-15-22(28)27-19(20-9-5-12-29-20)14-17(25-27)21-10-6-13-30-21/h2-10,12-13,19H,1,11,14-15H2. The van der Waals surface area contributed by atoms with E-state index in [-0.39, 0.29) is 17.7 Å². The smallest absolute Gasteiger partial charge is 0.253 e. The lowest BCUT2D eigenvalue weighted by Gasteiger charge is -2.19. The van der Waals surface area contributed by atoms with Gasteiger partial charge in [0.15, 0.2) is 5.16 Å². The average Bonchev–Trinajstić information content (AvgIpc) is 3.58. The lowest BCUT2D eigenvalue weighted by molar-refractivity contribution is -0.130. The number of aromatic nitrogens is 2.